The van der Waals surface area contributed by atoms with Crippen LogP contribution < -0.4 is 9.47 Å². The van der Waals surface area contributed by atoms with E-state index >= 15 is 0 Å². The Morgan fingerprint density at radius 1 is 1.29 bits per heavy atom. The van der Waals surface area contributed by atoms with Crippen LogP contribution in [0, 0.1) is 0 Å². The number of aromatic carboxylic acids is 1. The minimum atomic E-state index is -1.06. The van der Waals surface area contributed by atoms with E-state index in [1.54, 1.807) is 6.07 Å². The first-order valence-electron chi connectivity index (χ1n) is 6.05. The van der Waals surface area contributed by atoms with Crippen LogP contribution in [0.5, 0.6) is 11.5 Å². The molecule has 0 atom stereocenters. The number of hydrogen-bond acceptors (Lipinski definition) is 5. The normalized spacial score (nSPS) is 13.8. The molecule has 3 rings (SSSR count). The van der Waals surface area contributed by atoms with Gasteiger partial charge in [-0.15, -0.1) is 11.3 Å². The Morgan fingerprint density at radius 2 is 2.05 bits per heavy atom. The van der Waals surface area contributed by atoms with E-state index in [0.29, 0.717) is 33.5 Å². The number of ether oxygens (including phenoxy) is 2. The summed E-state index contributed by atoms with van der Waals surface area (Å²) in [5.41, 5.74) is 0.750. The maximum absolute atomic E-state index is 11.3. The quantitative estimate of drug-likeness (QED) is 0.767. The van der Waals surface area contributed by atoms with Crippen LogP contribution in [0.25, 0.3) is 10.4 Å². The van der Waals surface area contributed by atoms with E-state index in [4.69, 9.17) is 9.47 Å². The zero-order valence-corrected chi connectivity index (χ0v) is 14.5. The SMILES string of the molecule is O=C(O)c1nc(Br)sc1-c1cc(Br)c2c(c1)OCCCO2. The fourth-order valence-electron chi connectivity index (χ4n) is 2.00. The number of carboxylic acids is 1. The molecule has 1 aromatic heterocycles. The highest BCUT2D eigenvalue weighted by Crippen LogP contribution is 2.43. The Bertz CT molecular complexity index is 716. The van der Waals surface area contributed by atoms with Crippen LogP contribution in [0.3, 0.4) is 0 Å². The third-order valence-corrected chi connectivity index (χ3v) is 5.01. The molecular formula is C13H9Br2NO4S. The number of carbonyl (C=O) groups is 1. The van der Waals surface area contributed by atoms with Crippen LogP contribution in [-0.2, 0) is 0 Å². The molecule has 1 aliphatic rings. The van der Waals surface area contributed by atoms with Crippen LogP contribution in [0.4, 0.5) is 0 Å². The molecule has 2 heterocycles. The lowest BCUT2D eigenvalue weighted by atomic mass is 10.1. The Morgan fingerprint density at radius 3 is 2.81 bits per heavy atom. The summed E-state index contributed by atoms with van der Waals surface area (Å²) in [5.74, 6) is 0.199. The maximum Gasteiger partial charge on any atom is 0.356 e. The van der Waals surface area contributed by atoms with Gasteiger partial charge in [-0.1, -0.05) is 0 Å². The molecular weight excluding hydrogens is 426 g/mol. The summed E-state index contributed by atoms with van der Waals surface area (Å²) in [7, 11) is 0. The fraction of sp³-hybridized carbons (Fsp3) is 0.231. The van der Waals surface area contributed by atoms with Gasteiger partial charge in [-0.3, -0.25) is 0 Å². The molecule has 1 N–H and O–H groups in total. The second kappa shape index (κ2) is 5.94. The second-order valence-corrected chi connectivity index (χ2v) is 7.41. The Labute approximate surface area is 141 Å². The third kappa shape index (κ3) is 2.93. The summed E-state index contributed by atoms with van der Waals surface area (Å²) in [6.45, 7) is 1.17. The number of halogens is 2. The van der Waals surface area contributed by atoms with E-state index < -0.39 is 5.97 Å². The van der Waals surface area contributed by atoms with Gasteiger partial charge in [0, 0.05) is 6.42 Å². The van der Waals surface area contributed by atoms with E-state index in [0.717, 1.165) is 16.5 Å². The molecule has 21 heavy (non-hydrogen) atoms. The molecule has 8 heteroatoms. The summed E-state index contributed by atoms with van der Waals surface area (Å²) in [5, 5.41) is 9.25. The number of carboxylic acid groups (broad SMARTS) is 1. The molecule has 0 bridgehead atoms. The first kappa shape index (κ1) is 14.8. The fourth-order valence-corrected chi connectivity index (χ4v) is 3.99. The van der Waals surface area contributed by atoms with Gasteiger partial charge < -0.3 is 14.6 Å². The van der Waals surface area contributed by atoms with Crippen molar-refractivity contribution in [1.82, 2.24) is 4.98 Å². The first-order chi connectivity index (χ1) is 10.1. The third-order valence-electron chi connectivity index (χ3n) is 2.87. The average Bonchev–Trinajstić information content (AvgIpc) is 2.67. The van der Waals surface area contributed by atoms with Gasteiger partial charge in [-0.2, -0.15) is 0 Å². The summed E-state index contributed by atoms with van der Waals surface area (Å²) in [6, 6.07) is 3.61. The average molecular weight is 435 g/mol. The van der Waals surface area contributed by atoms with E-state index in [-0.39, 0.29) is 5.69 Å². The van der Waals surface area contributed by atoms with Gasteiger partial charge in [0.25, 0.3) is 0 Å². The number of benzene rings is 1. The van der Waals surface area contributed by atoms with Gasteiger partial charge in [0.2, 0.25) is 0 Å². The molecule has 0 saturated heterocycles. The zero-order valence-electron chi connectivity index (χ0n) is 10.6. The summed E-state index contributed by atoms with van der Waals surface area (Å²) < 4.78 is 12.6. The summed E-state index contributed by atoms with van der Waals surface area (Å²) in [6.07, 6.45) is 0.808. The van der Waals surface area contributed by atoms with Crippen molar-refractivity contribution in [2.75, 3.05) is 13.2 Å². The van der Waals surface area contributed by atoms with Gasteiger partial charge in [-0.25, -0.2) is 9.78 Å². The van der Waals surface area contributed by atoms with Gasteiger partial charge in [-0.05, 0) is 49.6 Å². The monoisotopic (exact) mass is 433 g/mol. The van der Waals surface area contributed by atoms with E-state index in [2.05, 4.69) is 36.8 Å². The molecule has 0 saturated carbocycles. The number of nitrogens with zero attached hydrogens (tertiary/aromatic N) is 1. The minimum absolute atomic E-state index is 0.0215. The van der Waals surface area contributed by atoms with Gasteiger partial charge in [0.1, 0.15) is 0 Å². The molecule has 0 amide bonds. The topological polar surface area (TPSA) is 68.7 Å². The maximum atomic E-state index is 11.3. The van der Waals surface area contributed by atoms with E-state index in [1.165, 1.54) is 11.3 Å². The molecule has 0 fully saturated rings. The molecule has 0 radical (unpaired) electrons. The Kier molecular flexibility index (Phi) is 4.19. The van der Waals surface area contributed by atoms with Crippen LogP contribution in [0.2, 0.25) is 0 Å². The van der Waals surface area contributed by atoms with Gasteiger partial charge in [0.05, 0.1) is 22.6 Å². The van der Waals surface area contributed by atoms with Crippen molar-refractivity contribution in [2.24, 2.45) is 0 Å². The number of aromatic nitrogens is 1. The number of hydrogen-bond donors (Lipinski definition) is 1. The van der Waals surface area contributed by atoms with Crippen LogP contribution in [0.15, 0.2) is 20.5 Å². The minimum Gasteiger partial charge on any atom is -0.489 e. The Hall–Kier alpha value is -1.12. The van der Waals surface area contributed by atoms with Crippen molar-refractivity contribution in [1.29, 1.82) is 0 Å². The lowest BCUT2D eigenvalue weighted by Gasteiger charge is -2.11. The lowest BCUT2D eigenvalue weighted by molar-refractivity contribution is 0.0692. The van der Waals surface area contributed by atoms with E-state index in [1.807, 2.05) is 6.07 Å². The van der Waals surface area contributed by atoms with Crippen molar-refractivity contribution < 1.29 is 19.4 Å². The smallest absolute Gasteiger partial charge is 0.356 e. The molecule has 1 aromatic carbocycles. The highest BCUT2D eigenvalue weighted by atomic mass is 79.9. The molecule has 0 spiro atoms. The van der Waals surface area contributed by atoms with Crippen LogP contribution >= 0.6 is 43.2 Å². The Balaban J connectivity index is 2.14. The molecule has 0 aliphatic carbocycles. The largest absolute Gasteiger partial charge is 0.489 e. The number of rotatable bonds is 2. The molecule has 2 aromatic rings. The lowest BCUT2D eigenvalue weighted by Crippen LogP contribution is -1.99. The van der Waals surface area contributed by atoms with Crippen LogP contribution in [-0.4, -0.2) is 29.3 Å². The molecule has 0 unspecified atom stereocenters. The highest BCUT2D eigenvalue weighted by Gasteiger charge is 2.22. The van der Waals surface area contributed by atoms with Crippen molar-refractivity contribution in [3.8, 4) is 21.9 Å². The van der Waals surface area contributed by atoms with Crippen molar-refractivity contribution in [3.63, 3.8) is 0 Å². The van der Waals surface area contributed by atoms with E-state index in [9.17, 15) is 9.90 Å². The standard InChI is InChI=1S/C13H9Br2NO4S/c14-7-4-6(5-8-10(7)20-3-1-2-19-8)11-9(12(17)18)16-13(15)21-11/h4-5H,1-3H2,(H,17,18). The molecule has 1 aliphatic heterocycles. The summed E-state index contributed by atoms with van der Waals surface area (Å²) in [4.78, 5) is 15.9. The van der Waals surface area contributed by atoms with Gasteiger partial charge >= 0.3 is 5.97 Å². The predicted octanol–water partition coefficient (Wildman–Crippen LogP) is 4.19. The number of thiazole rings is 1. The first-order valence-corrected chi connectivity index (χ1v) is 8.45. The van der Waals surface area contributed by atoms with Gasteiger partial charge in [0.15, 0.2) is 21.1 Å². The predicted molar refractivity (Wildman–Crippen MR) is 85.5 cm³/mol. The van der Waals surface area contributed by atoms with Crippen molar-refractivity contribution in [2.45, 2.75) is 6.42 Å². The number of fused-ring (bicyclic) bond motifs is 1. The highest BCUT2D eigenvalue weighted by molar-refractivity contribution is 9.11. The zero-order chi connectivity index (χ0) is 15.0. The van der Waals surface area contributed by atoms with Crippen molar-refractivity contribution >= 4 is 49.2 Å². The van der Waals surface area contributed by atoms with Crippen molar-refractivity contribution in [3.05, 3.63) is 26.2 Å². The molecule has 5 nitrogen and oxygen atoms in total. The second-order valence-electron chi connectivity index (χ2n) is 4.29. The van der Waals surface area contributed by atoms with Crippen LogP contribution in [0.1, 0.15) is 16.9 Å². The summed E-state index contributed by atoms with van der Waals surface area (Å²) >= 11 is 7.95. The molecule has 110 valence electrons.